The molecule has 0 spiro atoms. The Morgan fingerprint density at radius 2 is 2.03 bits per heavy atom. The number of rotatable bonds is 3. The fourth-order valence-corrected chi connectivity index (χ4v) is 4.75. The molecule has 0 N–H and O–H groups in total. The van der Waals surface area contributed by atoms with E-state index in [1.54, 1.807) is 4.68 Å². The van der Waals surface area contributed by atoms with Gasteiger partial charge in [0.2, 0.25) is 0 Å². The first kappa shape index (κ1) is 19.2. The van der Waals surface area contributed by atoms with Crippen molar-refractivity contribution in [1.82, 2.24) is 14.7 Å². The summed E-state index contributed by atoms with van der Waals surface area (Å²) < 4.78 is 7.81. The van der Waals surface area contributed by atoms with Crippen molar-refractivity contribution >= 4 is 17.5 Å². The average Bonchev–Trinajstić information content (AvgIpc) is 3.37. The first-order valence-corrected chi connectivity index (χ1v) is 10.7. The lowest BCUT2D eigenvalue weighted by Crippen LogP contribution is -2.36. The van der Waals surface area contributed by atoms with Crippen molar-refractivity contribution in [3.05, 3.63) is 70.0 Å². The quantitative estimate of drug-likeness (QED) is 0.619. The van der Waals surface area contributed by atoms with Crippen LogP contribution in [0.25, 0.3) is 11.1 Å². The standard InChI is InChI=1S/C24H24ClN3O2/c1-15-18(10-16-5-7-17(8-6-16)19-12-26-27(2)13-19)11-21-23(22(15)25)30-14-20-4-3-9-28(20)24(21)29/h5-8,11-13,20H,3-4,9-10,14H2,1-2H3/t20-/m1/s1. The van der Waals surface area contributed by atoms with E-state index in [1.807, 2.05) is 37.3 Å². The molecule has 154 valence electrons. The van der Waals surface area contributed by atoms with Crippen molar-refractivity contribution in [2.24, 2.45) is 7.05 Å². The highest BCUT2D eigenvalue weighted by Gasteiger charge is 2.35. The summed E-state index contributed by atoms with van der Waals surface area (Å²) in [6.07, 6.45) is 6.60. The summed E-state index contributed by atoms with van der Waals surface area (Å²) in [5, 5.41) is 4.80. The molecule has 0 radical (unpaired) electrons. The molecule has 2 aliphatic rings. The van der Waals surface area contributed by atoms with E-state index in [0.29, 0.717) is 29.4 Å². The van der Waals surface area contributed by atoms with Crippen molar-refractivity contribution in [3.63, 3.8) is 0 Å². The van der Waals surface area contributed by atoms with Gasteiger partial charge in [0.1, 0.15) is 6.61 Å². The molecule has 1 aromatic heterocycles. The molecule has 5 nitrogen and oxygen atoms in total. The molecule has 0 unspecified atom stereocenters. The van der Waals surface area contributed by atoms with E-state index in [-0.39, 0.29) is 11.9 Å². The van der Waals surface area contributed by atoms with Gasteiger partial charge in [0.05, 0.1) is 22.8 Å². The molecule has 0 saturated carbocycles. The summed E-state index contributed by atoms with van der Waals surface area (Å²) in [7, 11) is 1.91. The predicted molar refractivity (Wildman–Crippen MR) is 117 cm³/mol. The van der Waals surface area contributed by atoms with Gasteiger partial charge >= 0.3 is 0 Å². The monoisotopic (exact) mass is 421 g/mol. The van der Waals surface area contributed by atoms with Crippen molar-refractivity contribution in [3.8, 4) is 16.9 Å². The zero-order valence-corrected chi connectivity index (χ0v) is 17.9. The van der Waals surface area contributed by atoms with Gasteiger partial charge in [0, 0.05) is 25.4 Å². The minimum atomic E-state index is 0.0417. The van der Waals surface area contributed by atoms with Gasteiger partial charge in [-0.2, -0.15) is 5.10 Å². The van der Waals surface area contributed by atoms with Gasteiger partial charge in [-0.25, -0.2) is 0 Å². The topological polar surface area (TPSA) is 47.4 Å². The van der Waals surface area contributed by atoms with Crippen LogP contribution >= 0.6 is 11.6 Å². The van der Waals surface area contributed by atoms with E-state index < -0.39 is 0 Å². The van der Waals surface area contributed by atoms with Gasteiger partial charge < -0.3 is 9.64 Å². The summed E-state index contributed by atoms with van der Waals surface area (Å²) >= 11 is 6.68. The van der Waals surface area contributed by atoms with Crippen LogP contribution in [0.1, 0.15) is 39.9 Å². The van der Waals surface area contributed by atoms with Gasteiger partial charge in [0.25, 0.3) is 5.91 Å². The molecule has 1 amide bonds. The number of halogens is 1. The number of hydrogen-bond acceptors (Lipinski definition) is 3. The molecule has 1 saturated heterocycles. The van der Waals surface area contributed by atoms with Gasteiger partial charge in [-0.15, -0.1) is 0 Å². The average molecular weight is 422 g/mol. The first-order valence-electron chi connectivity index (χ1n) is 10.3. The number of nitrogens with zero attached hydrogens (tertiary/aromatic N) is 3. The van der Waals surface area contributed by atoms with Crippen LogP contribution in [0, 0.1) is 6.92 Å². The molecule has 3 heterocycles. The van der Waals surface area contributed by atoms with Gasteiger partial charge in [0.15, 0.2) is 5.75 Å². The highest BCUT2D eigenvalue weighted by Crippen LogP contribution is 2.39. The lowest BCUT2D eigenvalue weighted by molar-refractivity contribution is 0.0726. The van der Waals surface area contributed by atoms with Crippen LogP contribution in [0.5, 0.6) is 5.75 Å². The van der Waals surface area contributed by atoms with Crippen LogP contribution < -0.4 is 4.74 Å². The van der Waals surface area contributed by atoms with E-state index in [9.17, 15) is 4.79 Å². The molecule has 3 aromatic rings. The molecule has 1 fully saturated rings. The number of carbonyl (C=O) groups excluding carboxylic acids is 1. The Morgan fingerprint density at radius 1 is 1.23 bits per heavy atom. The van der Waals surface area contributed by atoms with Gasteiger partial charge in [-0.3, -0.25) is 9.48 Å². The number of benzene rings is 2. The number of fused-ring (bicyclic) bond motifs is 2. The molecular weight excluding hydrogens is 398 g/mol. The fraction of sp³-hybridized carbons (Fsp3) is 0.333. The zero-order chi connectivity index (χ0) is 20.8. The predicted octanol–water partition coefficient (Wildman–Crippen LogP) is 4.64. The highest BCUT2D eigenvalue weighted by molar-refractivity contribution is 6.33. The van der Waals surface area contributed by atoms with Crippen LogP contribution in [0.4, 0.5) is 0 Å². The van der Waals surface area contributed by atoms with Crippen molar-refractivity contribution in [1.29, 1.82) is 0 Å². The molecule has 2 aromatic carbocycles. The first-order chi connectivity index (χ1) is 14.5. The number of aromatic nitrogens is 2. The van der Waals surface area contributed by atoms with Crippen molar-refractivity contribution < 1.29 is 9.53 Å². The number of ether oxygens (including phenoxy) is 1. The molecule has 0 bridgehead atoms. The lowest BCUT2D eigenvalue weighted by Gasteiger charge is -2.20. The fourth-order valence-electron chi connectivity index (χ4n) is 4.48. The minimum absolute atomic E-state index is 0.0417. The maximum atomic E-state index is 13.2. The number of hydrogen-bond donors (Lipinski definition) is 0. The number of amides is 1. The van der Waals surface area contributed by atoms with E-state index in [1.165, 1.54) is 5.56 Å². The lowest BCUT2D eigenvalue weighted by atomic mass is 9.96. The number of aryl methyl sites for hydroxylation is 1. The third kappa shape index (κ3) is 3.27. The summed E-state index contributed by atoms with van der Waals surface area (Å²) in [6, 6.07) is 10.6. The Kier molecular flexibility index (Phi) is 4.78. The maximum Gasteiger partial charge on any atom is 0.258 e. The smallest absolute Gasteiger partial charge is 0.258 e. The van der Waals surface area contributed by atoms with Crippen LogP contribution in [0.2, 0.25) is 5.02 Å². The van der Waals surface area contributed by atoms with Crippen LogP contribution in [0.15, 0.2) is 42.7 Å². The Balaban J connectivity index is 1.46. The van der Waals surface area contributed by atoms with Crippen LogP contribution in [0.3, 0.4) is 0 Å². The minimum Gasteiger partial charge on any atom is -0.489 e. The van der Waals surface area contributed by atoms with Crippen LogP contribution in [-0.4, -0.2) is 39.8 Å². The van der Waals surface area contributed by atoms with Gasteiger partial charge in [-0.1, -0.05) is 35.9 Å². The second kappa shape index (κ2) is 7.47. The third-order valence-corrected chi connectivity index (χ3v) is 6.70. The molecule has 0 aliphatic carbocycles. The summed E-state index contributed by atoms with van der Waals surface area (Å²) in [5.41, 5.74) is 6.02. The molecule has 2 aliphatic heterocycles. The maximum absolute atomic E-state index is 13.2. The molecule has 1 atom stereocenters. The summed E-state index contributed by atoms with van der Waals surface area (Å²) in [6.45, 7) is 3.32. The summed E-state index contributed by atoms with van der Waals surface area (Å²) in [4.78, 5) is 15.1. The van der Waals surface area contributed by atoms with E-state index in [2.05, 4.69) is 29.4 Å². The largest absolute Gasteiger partial charge is 0.489 e. The van der Waals surface area contributed by atoms with E-state index in [4.69, 9.17) is 16.3 Å². The van der Waals surface area contributed by atoms with Gasteiger partial charge in [-0.05, 0) is 54.5 Å². The van der Waals surface area contributed by atoms with Crippen LogP contribution in [-0.2, 0) is 13.5 Å². The second-order valence-corrected chi connectivity index (χ2v) is 8.61. The SMILES string of the molecule is Cc1c(Cc2ccc(-c3cnn(C)c3)cc2)cc2c(c1Cl)OC[C@H]1CCCN1C2=O. The Morgan fingerprint density at radius 3 is 2.77 bits per heavy atom. The van der Waals surface area contributed by atoms with Crippen molar-refractivity contribution in [2.75, 3.05) is 13.2 Å². The Bertz CT molecular complexity index is 1120. The molecule has 5 rings (SSSR count). The highest BCUT2D eigenvalue weighted by atomic mass is 35.5. The molecular formula is C24H24ClN3O2. The van der Waals surface area contributed by atoms with Crippen molar-refractivity contribution in [2.45, 2.75) is 32.2 Å². The molecule has 6 heteroatoms. The Labute approximate surface area is 181 Å². The third-order valence-electron chi connectivity index (χ3n) is 6.25. The molecule has 30 heavy (non-hydrogen) atoms. The number of carbonyl (C=O) groups is 1. The second-order valence-electron chi connectivity index (χ2n) is 8.23. The zero-order valence-electron chi connectivity index (χ0n) is 17.2. The summed E-state index contributed by atoms with van der Waals surface area (Å²) in [5.74, 6) is 0.587. The Hall–Kier alpha value is -2.79. The van der Waals surface area contributed by atoms with E-state index >= 15 is 0 Å². The van der Waals surface area contributed by atoms with E-state index in [0.717, 1.165) is 41.6 Å². The normalized spacial score (nSPS) is 18.0.